The van der Waals surface area contributed by atoms with Crippen molar-refractivity contribution in [2.45, 2.75) is 113 Å². The van der Waals surface area contributed by atoms with E-state index in [1.54, 1.807) is 12.2 Å². The van der Waals surface area contributed by atoms with Crippen LogP contribution in [0.3, 0.4) is 0 Å². The van der Waals surface area contributed by atoms with Gasteiger partial charge in [0, 0.05) is 30.3 Å². The molecular formula is C36H54O4. The normalized spacial score (nSPS) is 28.1. The zero-order chi connectivity index (χ0) is 29.8. The maximum absolute atomic E-state index is 12.6. The Morgan fingerprint density at radius 3 is 2.10 bits per heavy atom. The number of hydrogen-bond acceptors (Lipinski definition) is 4. The van der Waals surface area contributed by atoms with E-state index in [1.165, 1.54) is 16.7 Å². The molecule has 6 atom stereocenters. The van der Waals surface area contributed by atoms with Crippen LogP contribution in [0.1, 0.15) is 100 Å². The summed E-state index contributed by atoms with van der Waals surface area (Å²) in [4.78, 5) is 24.8. The van der Waals surface area contributed by atoms with E-state index in [0.717, 1.165) is 62.7 Å². The molecular weight excluding hydrogens is 496 g/mol. The quantitative estimate of drug-likeness (QED) is 0.220. The van der Waals surface area contributed by atoms with Gasteiger partial charge >= 0.3 is 0 Å². The molecule has 0 heterocycles. The maximum atomic E-state index is 12.6. The molecule has 0 aromatic rings. The number of aliphatic hydroxyl groups excluding tert-OH is 1. The van der Waals surface area contributed by atoms with Crippen LogP contribution >= 0.6 is 0 Å². The summed E-state index contributed by atoms with van der Waals surface area (Å²) in [6, 6.07) is 0. The summed E-state index contributed by atoms with van der Waals surface area (Å²) in [6.45, 7) is 17.3. The molecule has 0 aromatic carbocycles. The van der Waals surface area contributed by atoms with Gasteiger partial charge in [-0.15, -0.1) is 0 Å². The number of hydrogen-bond donors (Lipinski definition) is 1. The van der Waals surface area contributed by atoms with Crippen LogP contribution in [0.4, 0.5) is 0 Å². The average Bonchev–Trinajstić information content (AvgIpc) is 2.90. The third-order valence-corrected chi connectivity index (χ3v) is 8.60. The van der Waals surface area contributed by atoms with Crippen LogP contribution in [0.25, 0.3) is 0 Å². The standard InChI is InChI=1S/C36H54O4/c1-9-22-40-35-21-20-33(37)28(7)30(35)19-17-26(5)13-10-12-25(4)14-11-15-27(6)32-23-34(38)29(8)31(36(32)39)18-16-24(2)3/h12,15-17,20-21,23,28-31,35-36,39H,9-11,13-14,18-19,22H2,1-8H3/b25-12+,26-17+,27-15+. The molecule has 0 bridgehead atoms. The van der Waals surface area contributed by atoms with Crippen LogP contribution in [0.2, 0.25) is 0 Å². The van der Waals surface area contributed by atoms with E-state index in [-0.39, 0.29) is 41.3 Å². The molecule has 4 heteroatoms. The number of aliphatic hydroxyl groups is 1. The first-order chi connectivity index (χ1) is 19.0. The number of ether oxygens (including phenoxy) is 1. The van der Waals surface area contributed by atoms with Gasteiger partial charge in [-0.2, -0.15) is 0 Å². The highest BCUT2D eigenvalue weighted by Gasteiger charge is 2.35. The fourth-order valence-electron chi connectivity index (χ4n) is 5.61. The van der Waals surface area contributed by atoms with E-state index < -0.39 is 6.10 Å². The van der Waals surface area contributed by atoms with Crippen LogP contribution in [-0.4, -0.2) is 35.5 Å². The lowest BCUT2D eigenvalue weighted by molar-refractivity contribution is -0.122. The summed E-state index contributed by atoms with van der Waals surface area (Å²) in [7, 11) is 0. The van der Waals surface area contributed by atoms with Gasteiger partial charge in [0.15, 0.2) is 11.6 Å². The molecule has 0 spiro atoms. The zero-order valence-corrected chi connectivity index (χ0v) is 26.3. The van der Waals surface area contributed by atoms with Crippen LogP contribution in [-0.2, 0) is 14.3 Å². The van der Waals surface area contributed by atoms with Gasteiger partial charge in [-0.3, -0.25) is 9.59 Å². The van der Waals surface area contributed by atoms with Crippen LogP contribution in [0, 0.1) is 23.7 Å². The summed E-state index contributed by atoms with van der Waals surface area (Å²) in [5, 5.41) is 11.0. The van der Waals surface area contributed by atoms with E-state index >= 15 is 0 Å². The van der Waals surface area contributed by atoms with Gasteiger partial charge < -0.3 is 9.84 Å². The van der Waals surface area contributed by atoms with Gasteiger partial charge in [0.05, 0.1) is 12.2 Å². The Hall–Kier alpha value is -2.30. The molecule has 0 aromatic heterocycles. The van der Waals surface area contributed by atoms with Gasteiger partial charge in [-0.25, -0.2) is 0 Å². The molecule has 1 N–H and O–H groups in total. The lowest BCUT2D eigenvalue weighted by Crippen LogP contribution is -2.36. The smallest absolute Gasteiger partial charge is 0.159 e. The van der Waals surface area contributed by atoms with Crippen molar-refractivity contribution in [2.24, 2.45) is 23.7 Å². The van der Waals surface area contributed by atoms with Crippen molar-refractivity contribution in [3.63, 3.8) is 0 Å². The first-order valence-electron chi connectivity index (χ1n) is 15.3. The first-order valence-corrected chi connectivity index (χ1v) is 15.3. The highest BCUT2D eigenvalue weighted by atomic mass is 16.5. The van der Waals surface area contributed by atoms with Crippen molar-refractivity contribution in [1.82, 2.24) is 0 Å². The fraction of sp³-hybridized carbons (Fsp3) is 0.611. The molecule has 0 saturated heterocycles. The van der Waals surface area contributed by atoms with Crippen molar-refractivity contribution < 1.29 is 19.4 Å². The summed E-state index contributed by atoms with van der Waals surface area (Å²) in [5.74, 6) is 0.275. The van der Waals surface area contributed by atoms with Crippen LogP contribution in [0.5, 0.6) is 0 Å². The molecule has 2 aliphatic carbocycles. The topological polar surface area (TPSA) is 63.6 Å². The Balaban J connectivity index is 1.88. The predicted molar refractivity (Wildman–Crippen MR) is 167 cm³/mol. The Morgan fingerprint density at radius 2 is 1.45 bits per heavy atom. The maximum Gasteiger partial charge on any atom is 0.159 e. The Bertz CT molecular complexity index is 1050. The SMILES string of the molecule is CCCOC1C=CC(=O)C(C)C1C/C=C(\C)CC/C=C(\C)CC/C=C(\C)C1=CC(=O)C(C)C(CC=C(C)C)C1O. The first kappa shape index (κ1) is 33.9. The molecule has 40 heavy (non-hydrogen) atoms. The van der Waals surface area contributed by atoms with E-state index in [0.29, 0.717) is 0 Å². The lowest BCUT2D eigenvalue weighted by atomic mass is 9.74. The predicted octanol–water partition coefficient (Wildman–Crippen LogP) is 8.44. The van der Waals surface area contributed by atoms with Crippen LogP contribution in [0.15, 0.2) is 70.4 Å². The van der Waals surface area contributed by atoms with Crippen molar-refractivity contribution in [3.05, 3.63) is 70.4 Å². The molecule has 222 valence electrons. The Kier molecular flexibility index (Phi) is 14.3. The fourth-order valence-corrected chi connectivity index (χ4v) is 5.61. The largest absolute Gasteiger partial charge is 0.388 e. The highest BCUT2D eigenvalue weighted by molar-refractivity contribution is 5.94. The molecule has 2 rings (SSSR count). The molecule has 0 amide bonds. The molecule has 2 aliphatic rings. The van der Waals surface area contributed by atoms with Crippen molar-refractivity contribution in [1.29, 1.82) is 0 Å². The summed E-state index contributed by atoms with van der Waals surface area (Å²) < 4.78 is 6.02. The van der Waals surface area contributed by atoms with Gasteiger partial charge in [0.2, 0.25) is 0 Å². The monoisotopic (exact) mass is 550 g/mol. The third kappa shape index (κ3) is 10.3. The minimum Gasteiger partial charge on any atom is -0.388 e. The summed E-state index contributed by atoms with van der Waals surface area (Å²) in [6.07, 6.45) is 20.0. The molecule has 0 aliphatic heterocycles. The second kappa shape index (κ2) is 16.8. The second-order valence-electron chi connectivity index (χ2n) is 12.3. The Morgan fingerprint density at radius 1 is 0.850 bits per heavy atom. The zero-order valence-electron chi connectivity index (χ0n) is 26.3. The third-order valence-electron chi connectivity index (χ3n) is 8.60. The van der Waals surface area contributed by atoms with Crippen molar-refractivity contribution in [2.75, 3.05) is 6.61 Å². The van der Waals surface area contributed by atoms with E-state index in [2.05, 4.69) is 58.9 Å². The summed E-state index contributed by atoms with van der Waals surface area (Å²) in [5.41, 5.74) is 5.70. The van der Waals surface area contributed by atoms with Gasteiger partial charge in [-0.05, 0) is 103 Å². The second-order valence-corrected chi connectivity index (χ2v) is 12.3. The number of carbonyl (C=O) groups is 2. The minimum absolute atomic E-state index is 0.00942. The number of carbonyl (C=O) groups excluding carboxylic acids is 2. The van der Waals surface area contributed by atoms with Crippen molar-refractivity contribution in [3.8, 4) is 0 Å². The molecule has 0 radical (unpaired) electrons. The molecule has 0 fully saturated rings. The Labute approximate surface area is 244 Å². The number of rotatable bonds is 14. The molecule has 4 nitrogen and oxygen atoms in total. The van der Waals surface area contributed by atoms with E-state index in [4.69, 9.17) is 4.74 Å². The van der Waals surface area contributed by atoms with Gasteiger partial charge in [0.1, 0.15) is 0 Å². The highest BCUT2D eigenvalue weighted by Crippen LogP contribution is 2.34. The molecule has 0 saturated carbocycles. The molecule has 6 unspecified atom stereocenters. The van der Waals surface area contributed by atoms with Crippen LogP contribution < -0.4 is 0 Å². The van der Waals surface area contributed by atoms with Crippen molar-refractivity contribution >= 4 is 11.6 Å². The van der Waals surface area contributed by atoms with E-state index in [9.17, 15) is 14.7 Å². The average molecular weight is 551 g/mol. The van der Waals surface area contributed by atoms with Gasteiger partial charge in [-0.1, -0.05) is 67.9 Å². The number of ketones is 2. The minimum atomic E-state index is -0.606. The van der Waals surface area contributed by atoms with Gasteiger partial charge in [0.25, 0.3) is 0 Å². The number of allylic oxidation sites excluding steroid dienone is 9. The van der Waals surface area contributed by atoms with E-state index in [1.807, 2.05) is 26.8 Å². The lowest BCUT2D eigenvalue weighted by Gasteiger charge is -2.33. The summed E-state index contributed by atoms with van der Waals surface area (Å²) >= 11 is 0.